The first-order chi connectivity index (χ1) is 6.88. The highest BCUT2D eigenvalue weighted by Gasteiger charge is 2.04. The van der Waals surface area contributed by atoms with Gasteiger partial charge in [0.05, 0.1) is 5.75 Å². The van der Waals surface area contributed by atoms with Crippen molar-refractivity contribution in [3.63, 3.8) is 0 Å². The molecule has 0 aromatic carbocycles. The van der Waals surface area contributed by atoms with Crippen LogP contribution in [0.1, 0.15) is 25.6 Å². The average molecular weight is 216 g/mol. The normalized spacial score (nSPS) is 10.7. The first-order valence-electron chi connectivity index (χ1n) is 4.82. The van der Waals surface area contributed by atoms with Crippen LogP contribution in [0.5, 0.6) is 0 Å². The van der Waals surface area contributed by atoms with Crippen LogP contribution < -0.4 is 0 Å². The lowest BCUT2D eigenvalue weighted by Gasteiger charge is -2.01. The van der Waals surface area contributed by atoms with Gasteiger partial charge >= 0.3 is 0 Å². The molecule has 14 heavy (non-hydrogen) atoms. The zero-order valence-electron chi connectivity index (χ0n) is 8.39. The van der Waals surface area contributed by atoms with Gasteiger partial charge in [0.15, 0.2) is 5.82 Å². The zero-order chi connectivity index (χ0) is 10.2. The van der Waals surface area contributed by atoms with Crippen molar-refractivity contribution in [2.75, 3.05) is 12.4 Å². The Morgan fingerprint density at radius 3 is 3.07 bits per heavy atom. The number of rotatable bonds is 7. The van der Waals surface area contributed by atoms with Crippen molar-refractivity contribution in [3.05, 3.63) is 5.82 Å². The SMILES string of the molecule is CCCn1nnnc1CSCCCO. The van der Waals surface area contributed by atoms with Crippen molar-refractivity contribution in [3.8, 4) is 0 Å². The van der Waals surface area contributed by atoms with Crippen molar-refractivity contribution >= 4 is 11.8 Å². The van der Waals surface area contributed by atoms with E-state index in [0.29, 0.717) is 0 Å². The Kier molecular flexibility index (Phi) is 5.55. The van der Waals surface area contributed by atoms with Gasteiger partial charge in [0.2, 0.25) is 0 Å². The molecule has 0 unspecified atom stereocenters. The number of thioether (sulfide) groups is 1. The van der Waals surface area contributed by atoms with Gasteiger partial charge in [-0.15, -0.1) is 5.10 Å². The Balaban J connectivity index is 2.30. The summed E-state index contributed by atoms with van der Waals surface area (Å²) in [6.45, 7) is 3.24. The van der Waals surface area contributed by atoms with Crippen molar-refractivity contribution in [2.45, 2.75) is 32.1 Å². The maximum Gasteiger partial charge on any atom is 0.161 e. The number of hydrogen-bond donors (Lipinski definition) is 1. The third-order valence-corrected chi connectivity index (χ3v) is 2.76. The highest BCUT2D eigenvalue weighted by molar-refractivity contribution is 7.98. The van der Waals surface area contributed by atoms with E-state index in [1.54, 1.807) is 11.8 Å². The van der Waals surface area contributed by atoms with Crippen LogP contribution in [0.15, 0.2) is 0 Å². The lowest BCUT2D eigenvalue weighted by Crippen LogP contribution is -2.04. The maximum atomic E-state index is 8.60. The molecule has 0 bridgehead atoms. The monoisotopic (exact) mass is 216 g/mol. The summed E-state index contributed by atoms with van der Waals surface area (Å²) in [5.74, 6) is 2.71. The summed E-state index contributed by atoms with van der Waals surface area (Å²) in [7, 11) is 0. The highest BCUT2D eigenvalue weighted by atomic mass is 32.2. The van der Waals surface area contributed by atoms with Crippen LogP contribution in [0.2, 0.25) is 0 Å². The Morgan fingerprint density at radius 1 is 1.50 bits per heavy atom. The molecule has 1 aromatic rings. The topological polar surface area (TPSA) is 63.8 Å². The lowest BCUT2D eigenvalue weighted by atomic mass is 10.5. The van der Waals surface area contributed by atoms with E-state index in [2.05, 4.69) is 22.4 Å². The second kappa shape index (κ2) is 6.78. The molecule has 5 nitrogen and oxygen atoms in total. The molecule has 1 rings (SSSR count). The summed E-state index contributed by atoms with van der Waals surface area (Å²) in [6, 6.07) is 0. The number of aliphatic hydroxyl groups is 1. The number of aryl methyl sites for hydroxylation is 1. The van der Waals surface area contributed by atoms with E-state index in [9.17, 15) is 0 Å². The van der Waals surface area contributed by atoms with E-state index in [1.807, 2.05) is 4.68 Å². The number of aromatic nitrogens is 4. The summed E-state index contributed by atoms with van der Waals surface area (Å²) in [4.78, 5) is 0. The van der Waals surface area contributed by atoms with Gasteiger partial charge < -0.3 is 5.11 Å². The first-order valence-corrected chi connectivity index (χ1v) is 5.97. The largest absolute Gasteiger partial charge is 0.396 e. The molecule has 0 aliphatic heterocycles. The average Bonchev–Trinajstić information content (AvgIpc) is 2.61. The third kappa shape index (κ3) is 3.63. The molecule has 0 radical (unpaired) electrons. The van der Waals surface area contributed by atoms with Crippen LogP contribution in [0, 0.1) is 0 Å². The van der Waals surface area contributed by atoms with Crippen LogP contribution in [-0.2, 0) is 12.3 Å². The molecular weight excluding hydrogens is 200 g/mol. The van der Waals surface area contributed by atoms with Crippen molar-refractivity contribution in [1.82, 2.24) is 20.2 Å². The van der Waals surface area contributed by atoms with Gasteiger partial charge in [0.25, 0.3) is 0 Å². The van der Waals surface area contributed by atoms with Crippen LogP contribution >= 0.6 is 11.8 Å². The Hall–Kier alpha value is -0.620. The smallest absolute Gasteiger partial charge is 0.161 e. The molecule has 1 heterocycles. The first kappa shape index (κ1) is 11.5. The second-order valence-corrected chi connectivity index (χ2v) is 4.05. The molecule has 6 heteroatoms. The zero-order valence-corrected chi connectivity index (χ0v) is 9.20. The summed E-state index contributed by atoms with van der Waals surface area (Å²) < 4.78 is 1.84. The maximum absolute atomic E-state index is 8.60. The molecule has 0 spiro atoms. The predicted octanol–water partition coefficient (Wildman–Crippen LogP) is 0.699. The molecule has 0 saturated carbocycles. The van der Waals surface area contributed by atoms with E-state index in [4.69, 9.17) is 5.11 Å². The number of tetrazole rings is 1. The van der Waals surface area contributed by atoms with E-state index in [-0.39, 0.29) is 6.61 Å². The van der Waals surface area contributed by atoms with Gasteiger partial charge in [-0.3, -0.25) is 0 Å². The van der Waals surface area contributed by atoms with Gasteiger partial charge in [0, 0.05) is 13.2 Å². The van der Waals surface area contributed by atoms with Crippen molar-refractivity contribution in [1.29, 1.82) is 0 Å². The number of aliphatic hydroxyl groups excluding tert-OH is 1. The standard InChI is InChI=1S/C8H16N4OS/c1-2-4-12-8(9-10-11-12)7-14-6-3-5-13/h13H,2-7H2,1H3. The molecular formula is C8H16N4OS. The molecule has 80 valence electrons. The van der Waals surface area contributed by atoms with E-state index in [1.165, 1.54) is 0 Å². The van der Waals surface area contributed by atoms with Gasteiger partial charge in [-0.25, -0.2) is 4.68 Å². The fraction of sp³-hybridized carbons (Fsp3) is 0.875. The molecule has 0 fully saturated rings. The van der Waals surface area contributed by atoms with E-state index < -0.39 is 0 Å². The number of hydrogen-bond acceptors (Lipinski definition) is 5. The fourth-order valence-electron chi connectivity index (χ4n) is 1.04. The lowest BCUT2D eigenvalue weighted by molar-refractivity contribution is 0.296. The van der Waals surface area contributed by atoms with E-state index in [0.717, 1.165) is 36.7 Å². The Morgan fingerprint density at radius 2 is 2.36 bits per heavy atom. The van der Waals surface area contributed by atoms with Gasteiger partial charge in [-0.05, 0) is 29.0 Å². The molecule has 0 aliphatic carbocycles. The summed E-state index contributed by atoms with van der Waals surface area (Å²) in [6.07, 6.45) is 1.87. The molecule has 1 aromatic heterocycles. The minimum atomic E-state index is 0.257. The summed E-state index contributed by atoms with van der Waals surface area (Å²) in [5.41, 5.74) is 0. The van der Waals surface area contributed by atoms with Crippen LogP contribution in [0.4, 0.5) is 0 Å². The quantitative estimate of drug-likeness (QED) is 0.680. The van der Waals surface area contributed by atoms with Gasteiger partial charge in [-0.1, -0.05) is 6.92 Å². The summed E-state index contributed by atoms with van der Waals surface area (Å²) in [5, 5.41) is 20.1. The van der Waals surface area contributed by atoms with E-state index >= 15 is 0 Å². The molecule has 0 atom stereocenters. The number of nitrogens with zero attached hydrogens (tertiary/aromatic N) is 4. The van der Waals surface area contributed by atoms with Crippen LogP contribution in [0.25, 0.3) is 0 Å². The van der Waals surface area contributed by atoms with Crippen LogP contribution in [0.3, 0.4) is 0 Å². The van der Waals surface area contributed by atoms with Gasteiger partial charge in [-0.2, -0.15) is 11.8 Å². The molecule has 0 saturated heterocycles. The van der Waals surface area contributed by atoms with Crippen molar-refractivity contribution < 1.29 is 5.11 Å². The Bertz CT molecular complexity index is 253. The highest BCUT2D eigenvalue weighted by Crippen LogP contribution is 2.09. The van der Waals surface area contributed by atoms with Gasteiger partial charge in [0.1, 0.15) is 0 Å². The van der Waals surface area contributed by atoms with Crippen LogP contribution in [-0.4, -0.2) is 37.7 Å². The van der Waals surface area contributed by atoms with Crippen molar-refractivity contribution in [2.24, 2.45) is 0 Å². The predicted molar refractivity (Wildman–Crippen MR) is 56.0 cm³/mol. The minimum absolute atomic E-state index is 0.257. The molecule has 0 amide bonds. The Labute approximate surface area is 87.9 Å². The third-order valence-electron chi connectivity index (χ3n) is 1.72. The minimum Gasteiger partial charge on any atom is -0.396 e. The summed E-state index contributed by atoms with van der Waals surface area (Å²) >= 11 is 1.75. The molecule has 1 N–H and O–H groups in total. The molecule has 0 aliphatic rings. The fourth-order valence-corrected chi connectivity index (χ4v) is 1.91. The second-order valence-electron chi connectivity index (χ2n) is 2.95.